The maximum Gasteiger partial charge on any atom is 0.265 e. The van der Waals surface area contributed by atoms with Crippen molar-refractivity contribution in [2.75, 3.05) is 36.5 Å². The number of nitrogens with zero attached hydrogens (tertiary/aromatic N) is 4. The molecule has 0 atom stereocenters. The lowest BCUT2D eigenvalue weighted by Crippen LogP contribution is -2.43. The molecule has 0 spiro atoms. The SMILES string of the molecule is N#Cc1ccnc(Nc2cc(C3CCOCC3)cc(N3CCCC(F)(F)C3)n2)c1. The Balaban J connectivity index is 1.66. The summed E-state index contributed by atoms with van der Waals surface area (Å²) in [5, 5.41) is 12.2. The van der Waals surface area contributed by atoms with Gasteiger partial charge >= 0.3 is 0 Å². The zero-order chi connectivity index (χ0) is 20.3. The van der Waals surface area contributed by atoms with Crippen molar-refractivity contribution in [2.24, 2.45) is 0 Å². The highest BCUT2D eigenvalue weighted by molar-refractivity contribution is 5.59. The molecule has 2 aliphatic rings. The van der Waals surface area contributed by atoms with E-state index in [1.54, 1.807) is 23.2 Å². The first-order valence-electron chi connectivity index (χ1n) is 9.88. The molecular weight excluding hydrogens is 376 g/mol. The van der Waals surface area contributed by atoms with Gasteiger partial charge in [0.15, 0.2) is 0 Å². The number of ether oxygens (including phenoxy) is 1. The molecule has 0 aromatic carbocycles. The van der Waals surface area contributed by atoms with Crippen molar-refractivity contribution < 1.29 is 13.5 Å². The van der Waals surface area contributed by atoms with Crippen LogP contribution in [0.4, 0.5) is 26.2 Å². The minimum atomic E-state index is -2.70. The topological polar surface area (TPSA) is 74.1 Å². The molecule has 2 saturated heterocycles. The Morgan fingerprint density at radius 2 is 2.03 bits per heavy atom. The molecule has 8 heteroatoms. The number of alkyl halides is 2. The summed E-state index contributed by atoms with van der Waals surface area (Å²) in [5.41, 5.74) is 1.55. The average molecular weight is 399 g/mol. The molecule has 0 saturated carbocycles. The number of hydrogen-bond donors (Lipinski definition) is 1. The molecule has 0 amide bonds. The molecule has 0 aliphatic carbocycles. The van der Waals surface area contributed by atoms with Crippen LogP contribution >= 0.6 is 0 Å². The molecule has 0 bridgehead atoms. The molecule has 1 N–H and O–H groups in total. The third kappa shape index (κ3) is 4.80. The van der Waals surface area contributed by atoms with Crippen molar-refractivity contribution in [1.29, 1.82) is 5.26 Å². The van der Waals surface area contributed by atoms with Crippen LogP contribution in [0.25, 0.3) is 0 Å². The second-order valence-corrected chi connectivity index (χ2v) is 7.58. The highest BCUT2D eigenvalue weighted by Crippen LogP contribution is 2.34. The first-order valence-corrected chi connectivity index (χ1v) is 9.88. The van der Waals surface area contributed by atoms with Gasteiger partial charge in [0.05, 0.1) is 18.2 Å². The van der Waals surface area contributed by atoms with Crippen LogP contribution in [0.2, 0.25) is 0 Å². The fourth-order valence-corrected chi connectivity index (χ4v) is 3.89. The summed E-state index contributed by atoms with van der Waals surface area (Å²) in [7, 11) is 0. The third-order valence-electron chi connectivity index (χ3n) is 5.39. The Morgan fingerprint density at radius 1 is 1.21 bits per heavy atom. The molecule has 4 heterocycles. The second-order valence-electron chi connectivity index (χ2n) is 7.58. The molecule has 4 rings (SSSR count). The van der Waals surface area contributed by atoms with E-state index >= 15 is 0 Å². The van der Waals surface area contributed by atoms with Crippen molar-refractivity contribution in [3.05, 3.63) is 41.6 Å². The number of aromatic nitrogens is 2. The van der Waals surface area contributed by atoms with Gasteiger partial charge in [-0.2, -0.15) is 5.26 Å². The van der Waals surface area contributed by atoms with Gasteiger partial charge < -0.3 is 15.0 Å². The fourth-order valence-electron chi connectivity index (χ4n) is 3.89. The summed E-state index contributed by atoms with van der Waals surface area (Å²) in [5.74, 6) is -0.816. The summed E-state index contributed by atoms with van der Waals surface area (Å²) in [6, 6.07) is 9.22. The van der Waals surface area contributed by atoms with Crippen LogP contribution in [-0.4, -0.2) is 42.2 Å². The Labute approximate surface area is 168 Å². The van der Waals surface area contributed by atoms with Crippen LogP contribution in [0.5, 0.6) is 0 Å². The van der Waals surface area contributed by atoms with E-state index in [1.165, 1.54) is 0 Å². The van der Waals surface area contributed by atoms with E-state index in [4.69, 9.17) is 10.00 Å². The molecule has 6 nitrogen and oxygen atoms in total. The number of piperidine rings is 1. The number of hydrogen-bond acceptors (Lipinski definition) is 6. The third-order valence-corrected chi connectivity index (χ3v) is 5.39. The molecule has 152 valence electrons. The van der Waals surface area contributed by atoms with Gasteiger partial charge in [0.25, 0.3) is 5.92 Å². The number of rotatable bonds is 4. The van der Waals surface area contributed by atoms with Crippen molar-refractivity contribution in [3.8, 4) is 6.07 Å². The maximum atomic E-state index is 14.0. The second kappa shape index (κ2) is 8.29. The van der Waals surface area contributed by atoms with Gasteiger partial charge in [-0.05, 0) is 55.0 Å². The van der Waals surface area contributed by atoms with Crippen molar-refractivity contribution in [1.82, 2.24) is 9.97 Å². The maximum absolute atomic E-state index is 14.0. The summed E-state index contributed by atoms with van der Waals surface area (Å²) in [4.78, 5) is 10.5. The van der Waals surface area contributed by atoms with Crippen molar-refractivity contribution in [2.45, 2.75) is 37.5 Å². The van der Waals surface area contributed by atoms with Gasteiger partial charge in [0.2, 0.25) is 0 Å². The molecule has 0 radical (unpaired) electrons. The lowest BCUT2D eigenvalue weighted by molar-refractivity contribution is -0.0118. The molecule has 2 fully saturated rings. The lowest BCUT2D eigenvalue weighted by Gasteiger charge is -2.34. The predicted octanol–water partition coefficient (Wildman–Crippen LogP) is 4.22. The van der Waals surface area contributed by atoms with E-state index in [0.29, 0.717) is 55.1 Å². The smallest absolute Gasteiger partial charge is 0.265 e. The van der Waals surface area contributed by atoms with E-state index in [0.717, 1.165) is 18.4 Å². The first kappa shape index (κ1) is 19.5. The largest absolute Gasteiger partial charge is 0.381 e. The van der Waals surface area contributed by atoms with Crippen LogP contribution in [0.1, 0.15) is 42.7 Å². The van der Waals surface area contributed by atoms with Crippen LogP contribution < -0.4 is 10.2 Å². The molecule has 2 aromatic heterocycles. The average Bonchev–Trinajstić information content (AvgIpc) is 2.73. The minimum Gasteiger partial charge on any atom is -0.381 e. The van der Waals surface area contributed by atoms with E-state index < -0.39 is 5.92 Å². The molecule has 2 aromatic rings. The summed E-state index contributed by atoms with van der Waals surface area (Å²) in [6.07, 6.45) is 3.68. The van der Waals surface area contributed by atoms with Gasteiger partial charge in [-0.25, -0.2) is 18.7 Å². The van der Waals surface area contributed by atoms with E-state index in [9.17, 15) is 8.78 Å². The Hall–Kier alpha value is -2.79. The number of halogens is 2. The monoisotopic (exact) mass is 399 g/mol. The Morgan fingerprint density at radius 3 is 2.79 bits per heavy atom. The van der Waals surface area contributed by atoms with Crippen LogP contribution in [-0.2, 0) is 4.74 Å². The van der Waals surface area contributed by atoms with Gasteiger partial charge in [0, 0.05) is 32.4 Å². The highest BCUT2D eigenvalue weighted by atomic mass is 19.3. The number of anilines is 3. The summed E-state index contributed by atoms with van der Waals surface area (Å²) in [6.45, 7) is 1.62. The standard InChI is InChI=1S/C21H23F2N5O/c22-21(23)5-1-7-28(14-21)20-12-17(16-3-8-29-9-4-16)11-19(27-20)26-18-10-15(13-24)2-6-25-18/h2,6,10-12,16H,1,3-5,7-9,14H2,(H,25,26,27). The quantitative estimate of drug-likeness (QED) is 0.830. The normalized spacial score (nSPS) is 19.6. The molecular formula is C21H23F2N5O. The van der Waals surface area contributed by atoms with Crippen molar-refractivity contribution in [3.63, 3.8) is 0 Å². The molecule has 29 heavy (non-hydrogen) atoms. The number of nitriles is 1. The van der Waals surface area contributed by atoms with Crippen LogP contribution in [0, 0.1) is 11.3 Å². The van der Waals surface area contributed by atoms with E-state index in [-0.39, 0.29) is 13.0 Å². The van der Waals surface area contributed by atoms with Gasteiger partial charge in [-0.15, -0.1) is 0 Å². The number of pyridine rings is 2. The Kier molecular flexibility index (Phi) is 5.58. The zero-order valence-corrected chi connectivity index (χ0v) is 16.1. The van der Waals surface area contributed by atoms with Crippen LogP contribution in [0.3, 0.4) is 0 Å². The fraction of sp³-hybridized carbons (Fsp3) is 0.476. The summed E-state index contributed by atoms with van der Waals surface area (Å²) >= 11 is 0. The van der Waals surface area contributed by atoms with Gasteiger partial charge in [0.1, 0.15) is 17.5 Å². The van der Waals surface area contributed by atoms with E-state index in [1.807, 2.05) is 12.1 Å². The van der Waals surface area contributed by atoms with Crippen molar-refractivity contribution >= 4 is 17.5 Å². The minimum absolute atomic E-state index is 0.0842. The highest BCUT2D eigenvalue weighted by Gasteiger charge is 2.36. The first-order chi connectivity index (χ1) is 14.0. The summed E-state index contributed by atoms with van der Waals surface area (Å²) < 4.78 is 33.4. The zero-order valence-electron chi connectivity index (χ0n) is 16.1. The number of nitrogens with one attached hydrogen (secondary N) is 1. The van der Waals surface area contributed by atoms with Gasteiger partial charge in [-0.3, -0.25) is 0 Å². The van der Waals surface area contributed by atoms with E-state index in [2.05, 4.69) is 21.4 Å². The van der Waals surface area contributed by atoms with Gasteiger partial charge in [-0.1, -0.05) is 0 Å². The Bertz CT molecular complexity index is 908. The van der Waals surface area contributed by atoms with Crippen LogP contribution in [0.15, 0.2) is 30.5 Å². The lowest BCUT2D eigenvalue weighted by atomic mass is 9.92. The predicted molar refractivity (Wildman–Crippen MR) is 106 cm³/mol. The molecule has 0 unspecified atom stereocenters. The molecule has 2 aliphatic heterocycles.